The molecule has 0 N–H and O–H groups in total. The van der Waals surface area contributed by atoms with Crippen molar-refractivity contribution in [1.29, 1.82) is 0 Å². The van der Waals surface area contributed by atoms with Gasteiger partial charge in [-0.25, -0.2) is 8.42 Å². The van der Waals surface area contributed by atoms with E-state index in [2.05, 4.69) is 0 Å². The second kappa shape index (κ2) is 10.1. The Bertz CT molecular complexity index is 1130. The van der Waals surface area contributed by atoms with E-state index in [0.717, 1.165) is 12.8 Å². The maximum Gasteiger partial charge on any atom is 0.290 e. The Hall–Kier alpha value is -3.05. The molecule has 1 aromatic heterocycles. The van der Waals surface area contributed by atoms with E-state index in [0.29, 0.717) is 18.7 Å². The van der Waals surface area contributed by atoms with Crippen molar-refractivity contribution in [3.05, 3.63) is 42.4 Å². The van der Waals surface area contributed by atoms with Crippen molar-refractivity contribution >= 4 is 21.8 Å². The fourth-order valence-electron chi connectivity index (χ4n) is 4.46. The van der Waals surface area contributed by atoms with Crippen LogP contribution in [0.5, 0.6) is 11.5 Å². The van der Waals surface area contributed by atoms with Gasteiger partial charge in [-0.1, -0.05) is 0 Å². The van der Waals surface area contributed by atoms with Crippen molar-refractivity contribution in [1.82, 2.24) is 14.1 Å². The first-order valence-electron chi connectivity index (χ1n) is 11.2. The number of rotatable bonds is 6. The molecule has 2 aromatic rings. The normalized spacial score (nSPS) is 19.6. The highest BCUT2D eigenvalue weighted by atomic mass is 32.2. The van der Waals surface area contributed by atoms with E-state index < -0.39 is 16.1 Å². The van der Waals surface area contributed by atoms with Gasteiger partial charge in [-0.05, 0) is 43.5 Å². The molecule has 1 atom stereocenters. The Kier molecular flexibility index (Phi) is 7.13. The van der Waals surface area contributed by atoms with Gasteiger partial charge in [0.1, 0.15) is 22.4 Å². The zero-order chi connectivity index (χ0) is 24.3. The number of carbonyl (C=O) groups excluding carboxylic acids is 2. The van der Waals surface area contributed by atoms with Crippen molar-refractivity contribution in [3.8, 4) is 11.5 Å². The molecule has 2 saturated heterocycles. The summed E-state index contributed by atoms with van der Waals surface area (Å²) in [6.45, 7) is 1.26. The van der Waals surface area contributed by atoms with Crippen molar-refractivity contribution in [2.45, 2.75) is 30.2 Å². The minimum absolute atomic E-state index is 0.0247. The Balaban J connectivity index is 1.46. The standard InChI is InChI=1S/C23H29N3O7S/c1-31-17-8-9-19(32-2)21(16-17)34(29,30)25-13-11-24(12-14-25)22(27)18-6-3-4-10-26(18)23(28)20-7-5-15-33-20/h5,7-9,15-16,18H,3-4,6,10-14H2,1-2H3. The van der Waals surface area contributed by atoms with E-state index in [-0.39, 0.29) is 54.4 Å². The zero-order valence-electron chi connectivity index (χ0n) is 19.3. The second-order valence-corrected chi connectivity index (χ2v) is 10.1. The minimum atomic E-state index is -3.85. The van der Waals surface area contributed by atoms with Crippen LogP contribution in [-0.4, -0.2) is 87.3 Å². The number of methoxy groups -OCH3 is 2. The lowest BCUT2D eigenvalue weighted by Crippen LogP contribution is -2.57. The van der Waals surface area contributed by atoms with E-state index in [9.17, 15) is 18.0 Å². The van der Waals surface area contributed by atoms with Crippen LogP contribution in [0.4, 0.5) is 0 Å². The fourth-order valence-corrected chi connectivity index (χ4v) is 6.05. The highest BCUT2D eigenvalue weighted by molar-refractivity contribution is 7.89. The third-order valence-electron chi connectivity index (χ3n) is 6.32. The fraction of sp³-hybridized carbons (Fsp3) is 0.478. The number of hydrogen-bond acceptors (Lipinski definition) is 7. The van der Waals surface area contributed by atoms with Gasteiger partial charge in [0.15, 0.2) is 5.76 Å². The van der Waals surface area contributed by atoms with E-state index in [1.807, 2.05) is 0 Å². The maximum absolute atomic E-state index is 13.3. The lowest BCUT2D eigenvalue weighted by Gasteiger charge is -2.40. The average Bonchev–Trinajstić information content (AvgIpc) is 3.42. The highest BCUT2D eigenvalue weighted by Gasteiger charge is 2.38. The molecule has 3 heterocycles. The third kappa shape index (κ3) is 4.62. The molecule has 34 heavy (non-hydrogen) atoms. The van der Waals surface area contributed by atoms with E-state index in [4.69, 9.17) is 13.9 Å². The first-order valence-corrected chi connectivity index (χ1v) is 12.7. The first kappa shape index (κ1) is 24.1. The molecule has 4 rings (SSSR count). The third-order valence-corrected chi connectivity index (χ3v) is 8.24. The lowest BCUT2D eigenvalue weighted by atomic mass is 10.00. The molecule has 0 bridgehead atoms. The second-order valence-electron chi connectivity index (χ2n) is 8.23. The van der Waals surface area contributed by atoms with Gasteiger partial charge in [0, 0.05) is 38.8 Å². The van der Waals surface area contributed by atoms with Crippen LogP contribution in [0.3, 0.4) is 0 Å². The van der Waals surface area contributed by atoms with Crippen LogP contribution in [0.25, 0.3) is 0 Å². The smallest absolute Gasteiger partial charge is 0.290 e. The summed E-state index contributed by atoms with van der Waals surface area (Å²) < 4.78 is 43.6. The van der Waals surface area contributed by atoms with E-state index in [1.165, 1.54) is 30.9 Å². The minimum Gasteiger partial charge on any atom is -0.497 e. The monoisotopic (exact) mass is 491 g/mol. The molecule has 11 heteroatoms. The molecule has 10 nitrogen and oxygen atoms in total. The zero-order valence-corrected chi connectivity index (χ0v) is 20.1. The number of piperazine rings is 1. The van der Waals surface area contributed by atoms with Gasteiger partial charge in [0.25, 0.3) is 5.91 Å². The van der Waals surface area contributed by atoms with E-state index >= 15 is 0 Å². The van der Waals surface area contributed by atoms with Gasteiger partial charge in [-0.3, -0.25) is 9.59 Å². The first-order chi connectivity index (χ1) is 16.4. The van der Waals surface area contributed by atoms with Gasteiger partial charge in [0.2, 0.25) is 15.9 Å². The predicted molar refractivity (Wildman–Crippen MR) is 122 cm³/mol. The molecule has 1 aromatic carbocycles. The number of likely N-dealkylation sites (tertiary alicyclic amines) is 1. The Morgan fingerprint density at radius 2 is 1.76 bits per heavy atom. The highest BCUT2D eigenvalue weighted by Crippen LogP contribution is 2.31. The molecule has 0 radical (unpaired) electrons. The van der Waals surface area contributed by atoms with Crippen molar-refractivity contribution in [2.24, 2.45) is 0 Å². The molecular weight excluding hydrogens is 462 g/mol. The summed E-state index contributed by atoms with van der Waals surface area (Å²) >= 11 is 0. The van der Waals surface area contributed by atoms with Gasteiger partial charge in [-0.15, -0.1) is 0 Å². The maximum atomic E-state index is 13.3. The van der Waals surface area contributed by atoms with Gasteiger partial charge >= 0.3 is 0 Å². The van der Waals surface area contributed by atoms with Crippen molar-refractivity contribution < 1.29 is 31.9 Å². The number of piperidine rings is 1. The van der Waals surface area contributed by atoms with Crippen LogP contribution in [0.15, 0.2) is 45.9 Å². The molecule has 2 aliphatic rings. The van der Waals surface area contributed by atoms with Crippen LogP contribution in [0.2, 0.25) is 0 Å². The number of nitrogens with zero attached hydrogens (tertiary/aromatic N) is 3. The molecule has 0 spiro atoms. The Labute approximate surface area is 199 Å². The van der Waals surface area contributed by atoms with Crippen molar-refractivity contribution in [3.63, 3.8) is 0 Å². The molecule has 0 aliphatic carbocycles. The number of hydrogen-bond donors (Lipinski definition) is 0. The van der Waals surface area contributed by atoms with Crippen LogP contribution in [-0.2, 0) is 14.8 Å². The molecule has 1 unspecified atom stereocenters. The largest absolute Gasteiger partial charge is 0.497 e. The topological polar surface area (TPSA) is 110 Å². The van der Waals surface area contributed by atoms with Gasteiger partial charge in [0.05, 0.1) is 20.5 Å². The van der Waals surface area contributed by atoms with Gasteiger partial charge in [-0.2, -0.15) is 4.31 Å². The predicted octanol–water partition coefficient (Wildman–Crippen LogP) is 1.82. The summed E-state index contributed by atoms with van der Waals surface area (Å²) in [5.74, 6) is 0.397. The van der Waals surface area contributed by atoms with Crippen molar-refractivity contribution in [2.75, 3.05) is 46.9 Å². The number of benzene rings is 1. The number of ether oxygens (including phenoxy) is 2. The molecule has 184 valence electrons. The van der Waals surface area contributed by atoms with Crippen LogP contribution in [0.1, 0.15) is 29.8 Å². The lowest BCUT2D eigenvalue weighted by molar-refractivity contribution is -0.138. The number of furan rings is 1. The van der Waals surface area contributed by atoms with Gasteiger partial charge < -0.3 is 23.7 Å². The number of sulfonamides is 1. The summed E-state index contributed by atoms with van der Waals surface area (Å²) in [5, 5.41) is 0. The quantitative estimate of drug-likeness (QED) is 0.606. The molecule has 2 fully saturated rings. The van der Waals surface area contributed by atoms with Crippen LogP contribution in [0, 0.1) is 0 Å². The summed E-state index contributed by atoms with van der Waals surface area (Å²) in [6, 6.07) is 7.28. The average molecular weight is 492 g/mol. The summed E-state index contributed by atoms with van der Waals surface area (Å²) in [7, 11) is -0.972. The van der Waals surface area contributed by atoms with Crippen LogP contribution < -0.4 is 9.47 Å². The molecule has 0 saturated carbocycles. The van der Waals surface area contributed by atoms with Crippen LogP contribution >= 0.6 is 0 Å². The summed E-state index contributed by atoms with van der Waals surface area (Å²) in [6.07, 6.45) is 3.68. The Morgan fingerprint density at radius 3 is 2.41 bits per heavy atom. The summed E-state index contributed by atoms with van der Waals surface area (Å²) in [5.41, 5.74) is 0. The molecule has 2 amide bonds. The van der Waals surface area contributed by atoms with E-state index in [1.54, 1.807) is 34.1 Å². The Morgan fingerprint density at radius 1 is 1.00 bits per heavy atom. The summed E-state index contributed by atoms with van der Waals surface area (Å²) in [4.78, 5) is 29.5. The molecular formula is C23H29N3O7S. The molecule has 2 aliphatic heterocycles. The SMILES string of the molecule is COc1ccc(OC)c(S(=O)(=O)N2CCN(C(=O)C3CCCCN3C(=O)c3ccco3)CC2)c1. The number of amides is 2. The number of carbonyl (C=O) groups is 2.